The molecule has 0 N–H and O–H groups in total. The van der Waals surface area contributed by atoms with E-state index < -0.39 is 10.2 Å². The third-order valence-electron chi connectivity index (χ3n) is 3.98. The highest BCUT2D eigenvalue weighted by Gasteiger charge is 2.31. The van der Waals surface area contributed by atoms with Crippen molar-refractivity contribution in [2.75, 3.05) is 31.1 Å². The van der Waals surface area contributed by atoms with Gasteiger partial charge in [0.2, 0.25) is 0 Å². The van der Waals surface area contributed by atoms with Crippen molar-refractivity contribution in [2.45, 2.75) is 6.92 Å². The molecule has 6 nitrogen and oxygen atoms in total. The Kier molecular flexibility index (Phi) is 3.92. The predicted octanol–water partition coefficient (Wildman–Crippen LogP) is 0.536. The topological polar surface area (TPSA) is 49.4 Å². The fraction of sp³-hybridized carbons (Fsp3) is 0.400. The molecule has 0 saturated carbocycles. The molecule has 1 aromatic carbocycles. The number of hydrogen-bond donors (Lipinski definition) is 0. The summed E-state index contributed by atoms with van der Waals surface area (Å²) in [5, 5.41) is 0. The van der Waals surface area contributed by atoms with Gasteiger partial charge in [-0.05, 0) is 19.1 Å². The molecule has 1 aliphatic rings. The van der Waals surface area contributed by atoms with Crippen LogP contribution in [0.4, 0.5) is 5.69 Å². The number of aryl methyl sites for hydroxylation is 2. The summed E-state index contributed by atoms with van der Waals surface area (Å²) in [5.74, 6) is 0. The maximum absolute atomic E-state index is 12.5. The van der Waals surface area contributed by atoms with Crippen molar-refractivity contribution in [1.82, 2.24) is 8.28 Å². The molecular formula is C15H21N4O2S+. The van der Waals surface area contributed by atoms with E-state index in [-0.39, 0.29) is 0 Å². The van der Waals surface area contributed by atoms with Crippen LogP contribution in [-0.4, -0.2) is 42.9 Å². The smallest absolute Gasteiger partial charge is 0.369 e. The van der Waals surface area contributed by atoms with E-state index in [1.807, 2.05) is 0 Å². The zero-order valence-corrected chi connectivity index (χ0v) is 13.7. The van der Waals surface area contributed by atoms with Crippen molar-refractivity contribution in [3.8, 4) is 0 Å². The average molecular weight is 321 g/mol. The summed E-state index contributed by atoms with van der Waals surface area (Å²) in [7, 11) is -1.64. The first-order valence-corrected chi connectivity index (χ1v) is 8.72. The van der Waals surface area contributed by atoms with Crippen molar-refractivity contribution in [2.24, 2.45) is 7.05 Å². The Labute approximate surface area is 131 Å². The van der Waals surface area contributed by atoms with E-state index in [9.17, 15) is 8.42 Å². The molecule has 2 heterocycles. The first-order valence-electron chi connectivity index (χ1n) is 7.32. The second kappa shape index (κ2) is 5.73. The molecule has 1 saturated heterocycles. The number of rotatable bonds is 3. The first-order chi connectivity index (χ1) is 10.5. The predicted molar refractivity (Wildman–Crippen MR) is 84.9 cm³/mol. The van der Waals surface area contributed by atoms with Gasteiger partial charge in [-0.1, -0.05) is 17.7 Å². The van der Waals surface area contributed by atoms with Crippen LogP contribution in [-0.2, 0) is 17.3 Å². The van der Waals surface area contributed by atoms with Gasteiger partial charge >= 0.3 is 10.2 Å². The van der Waals surface area contributed by atoms with Gasteiger partial charge < -0.3 is 4.90 Å². The second-order valence-corrected chi connectivity index (χ2v) is 7.47. The lowest BCUT2D eigenvalue weighted by Gasteiger charge is -2.34. The minimum atomic E-state index is -3.45. The summed E-state index contributed by atoms with van der Waals surface area (Å²) in [6.45, 7) is 4.47. The van der Waals surface area contributed by atoms with Gasteiger partial charge in [0.15, 0.2) is 0 Å². The highest BCUT2D eigenvalue weighted by molar-refractivity contribution is 7.87. The molecule has 1 aromatic heterocycles. The van der Waals surface area contributed by atoms with Gasteiger partial charge in [0.25, 0.3) is 6.33 Å². The van der Waals surface area contributed by atoms with Gasteiger partial charge in [-0.2, -0.15) is 12.7 Å². The maximum atomic E-state index is 12.5. The lowest BCUT2D eigenvalue weighted by atomic mass is 10.2. The van der Waals surface area contributed by atoms with Gasteiger partial charge in [0.1, 0.15) is 12.4 Å². The van der Waals surface area contributed by atoms with Crippen molar-refractivity contribution >= 4 is 15.9 Å². The summed E-state index contributed by atoms with van der Waals surface area (Å²) < 4.78 is 29.6. The van der Waals surface area contributed by atoms with E-state index in [4.69, 9.17) is 0 Å². The summed E-state index contributed by atoms with van der Waals surface area (Å²) in [5.41, 5.74) is 2.38. The van der Waals surface area contributed by atoms with Crippen LogP contribution < -0.4 is 9.47 Å². The molecule has 0 radical (unpaired) electrons. The van der Waals surface area contributed by atoms with Crippen LogP contribution in [0.3, 0.4) is 0 Å². The fourth-order valence-corrected chi connectivity index (χ4v) is 4.00. The Hall–Kier alpha value is -1.86. The molecule has 0 spiro atoms. The van der Waals surface area contributed by atoms with E-state index in [1.165, 1.54) is 13.8 Å². The van der Waals surface area contributed by atoms with Crippen LogP contribution in [0.1, 0.15) is 5.56 Å². The Morgan fingerprint density at radius 2 is 1.68 bits per heavy atom. The van der Waals surface area contributed by atoms with Gasteiger partial charge in [-0.15, -0.1) is 3.97 Å². The minimum absolute atomic E-state index is 0.498. The van der Waals surface area contributed by atoms with E-state index >= 15 is 0 Å². The van der Waals surface area contributed by atoms with Gasteiger partial charge in [-0.25, -0.2) is 4.57 Å². The van der Waals surface area contributed by atoms with Crippen molar-refractivity contribution in [1.29, 1.82) is 0 Å². The average Bonchev–Trinajstić information content (AvgIpc) is 2.96. The number of anilines is 1. The molecule has 22 heavy (non-hydrogen) atoms. The Morgan fingerprint density at radius 1 is 1.05 bits per heavy atom. The molecule has 0 unspecified atom stereocenters. The van der Waals surface area contributed by atoms with Crippen LogP contribution in [0.5, 0.6) is 0 Å². The van der Waals surface area contributed by atoms with E-state index in [1.54, 1.807) is 30.3 Å². The summed E-state index contributed by atoms with van der Waals surface area (Å²) in [4.78, 5) is 2.22. The highest BCUT2D eigenvalue weighted by Crippen LogP contribution is 2.18. The van der Waals surface area contributed by atoms with E-state index in [2.05, 4.69) is 36.1 Å². The number of piperazine rings is 1. The number of hydrogen-bond acceptors (Lipinski definition) is 3. The summed E-state index contributed by atoms with van der Waals surface area (Å²) >= 11 is 0. The molecule has 1 aliphatic heterocycles. The lowest BCUT2D eigenvalue weighted by Crippen LogP contribution is -2.50. The normalized spacial score (nSPS) is 16.9. The third kappa shape index (κ3) is 2.86. The summed E-state index contributed by atoms with van der Waals surface area (Å²) in [6, 6.07) is 8.34. The van der Waals surface area contributed by atoms with Crippen LogP contribution in [0.15, 0.2) is 43.0 Å². The SMILES string of the molecule is Cc1ccc(N2CCN(S(=O)(=O)n3cc[n+](C)c3)CC2)cc1. The Bertz CT molecular complexity index is 744. The monoisotopic (exact) mass is 321 g/mol. The molecule has 3 rings (SSSR count). The number of aromatic nitrogens is 2. The van der Waals surface area contributed by atoms with Gasteiger partial charge in [-0.3, -0.25) is 0 Å². The number of nitrogens with zero attached hydrogens (tertiary/aromatic N) is 4. The maximum Gasteiger partial charge on any atom is 0.379 e. The molecule has 0 bridgehead atoms. The zero-order chi connectivity index (χ0) is 15.7. The molecular weight excluding hydrogens is 300 g/mol. The number of imidazole rings is 1. The van der Waals surface area contributed by atoms with Crippen LogP contribution in [0.2, 0.25) is 0 Å². The third-order valence-corrected chi connectivity index (χ3v) is 5.74. The molecule has 0 aliphatic carbocycles. The minimum Gasteiger partial charge on any atom is -0.369 e. The summed E-state index contributed by atoms with van der Waals surface area (Å²) in [6.07, 6.45) is 4.86. The van der Waals surface area contributed by atoms with E-state index in [0.717, 1.165) is 5.69 Å². The van der Waals surface area contributed by atoms with Crippen molar-refractivity contribution < 1.29 is 13.0 Å². The molecule has 7 heteroatoms. The van der Waals surface area contributed by atoms with Crippen LogP contribution in [0.25, 0.3) is 0 Å². The fourth-order valence-electron chi connectivity index (χ4n) is 2.63. The second-order valence-electron chi connectivity index (χ2n) is 5.64. The van der Waals surface area contributed by atoms with Gasteiger partial charge in [0.05, 0.1) is 7.05 Å². The van der Waals surface area contributed by atoms with Crippen LogP contribution >= 0.6 is 0 Å². The molecule has 0 amide bonds. The van der Waals surface area contributed by atoms with Crippen molar-refractivity contribution in [3.05, 3.63) is 48.5 Å². The quantitative estimate of drug-likeness (QED) is 0.775. The largest absolute Gasteiger partial charge is 0.379 e. The van der Waals surface area contributed by atoms with Crippen molar-refractivity contribution in [3.63, 3.8) is 0 Å². The molecule has 0 atom stereocenters. The van der Waals surface area contributed by atoms with Crippen LogP contribution in [0, 0.1) is 6.92 Å². The Balaban J connectivity index is 1.70. The molecule has 118 valence electrons. The first kappa shape index (κ1) is 15.1. The Morgan fingerprint density at radius 3 is 2.23 bits per heavy atom. The molecule has 1 fully saturated rings. The van der Waals surface area contributed by atoms with Gasteiger partial charge in [0, 0.05) is 31.9 Å². The molecule has 2 aromatic rings. The zero-order valence-electron chi connectivity index (χ0n) is 12.9. The highest BCUT2D eigenvalue weighted by atomic mass is 32.2. The number of benzene rings is 1. The van der Waals surface area contributed by atoms with E-state index in [0.29, 0.717) is 26.2 Å². The standard InChI is InChI=1S/C15H21N4O2S/c1-14-3-5-15(6-4-14)17-8-11-18(12-9-17)22(20,21)19-10-7-16(2)13-19/h3-7,10,13H,8-9,11-12H2,1-2H3/q+1. The lowest BCUT2D eigenvalue weighted by molar-refractivity contribution is -0.670.